The molecule has 0 saturated heterocycles. The molecule has 176 valence electrons. The van der Waals surface area contributed by atoms with Gasteiger partial charge in [0.25, 0.3) is 0 Å². The molecule has 0 aliphatic heterocycles. The van der Waals surface area contributed by atoms with Gasteiger partial charge in [0.2, 0.25) is 5.00 Å². The third-order valence-corrected chi connectivity index (χ3v) is 10.7. The minimum Gasteiger partial charge on any atom is -0.351 e. The van der Waals surface area contributed by atoms with Gasteiger partial charge in [0, 0.05) is 16.4 Å². The van der Waals surface area contributed by atoms with Crippen molar-refractivity contribution in [2.24, 2.45) is 15.4 Å². The van der Waals surface area contributed by atoms with Crippen LogP contribution in [0.5, 0.6) is 0 Å². The number of allylic oxidation sites excluding steroid dienone is 3. The van der Waals surface area contributed by atoms with Gasteiger partial charge in [-0.3, -0.25) is 0 Å². The Hall–Kier alpha value is -3.56. The molecule has 6 rings (SSSR count). The van der Waals surface area contributed by atoms with Crippen molar-refractivity contribution < 1.29 is 0 Å². The third kappa shape index (κ3) is 3.09. The van der Waals surface area contributed by atoms with Gasteiger partial charge in [0.15, 0.2) is 0 Å². The van der Waals surface area contributed by atoms with E-state index in [9.17, 15) is 10.5 Å². The Labute approximate surface area is 218 Å². The van der Waals surface area contributed by atoms with E-state index in [-0.39, 0.29) is 22.5 Å². The van der Waals surface area contributed by atoms with Crippen LogP contribution in [0.1, 0.15) is 74.6 Å². The maximum Gasteiger partial charge on any atom is 0.350 e. The summed E-state index contributed by atoms with van der Waals surface area (Å²) in [6.45, 7) is 14.6. The van der Waals surface area contributed by atoms with E-state index in [1.807, 2.05) is 29.5 Å². The van der Waals surface area contributed by atoms with Gasteiger partial charge in [-0.2, -0.15) is 0 Å². The van der Waals surface area contributed by atoms with Gasteiger partial charge < -0.3 is 9.69 Å². The average Bonchev–Trinajstić information content (AvgIpc) is 3.60. The van der Waals surface area contributed by atoms with Crippen LogP contribution < -0.4 is 0 Å². The van der Waals surface area contributed by atoms with Gasteiger partial charge in [-0.1, -0.05) is 68.0 Å². The van der Waals surface area contributed by atoms with E-state index in [1.54, 1.807) is 11.3 Å². The van der Waals surface area contributed by atoms with Crippen LogP contribution in [-0.4, -0.2) is 11.7 Å². The predicted octanol–water partition coefficient (Wildman–Crippen LogP) is 8.09. The van der Waals surface area contributed by atoms with Crippen molar-refractivity contribution in [3.8, 4) is 12.1 Å². The zero-order valence-corrected chi connectivity index (χ0v) is 21.4. The topological polar surface area (TPSA) is 81.0 Å². The minimum absolute atomic E-state index is 0.0719. The second-order valence-electron chi connectivity index (χ2n) is 10.0. The van der Waals surface area contributed by atoms with Gasteiger partial charge in [0.05, 0.1) is 14.8 Å². The van der Waals surface area contributed by atoms with E-state index < -0.39 is 0 Å². The monoisotopic (exact) mass is 506 g/mol. The second-order valence-corrected chi connectivity index (χ2v) is 12.1. The third-order valence-electron chi connectivity index (χ3n) is 8.36. The van der Waals surface area contributed by atoms with Gasteiger partial charge in [-0.15, -0.1) is 16.3 Å². The number of aliphatic imine (C=N–C) groups is 2. The molecule has 4 aliphatic carbocycles. The molecule has 4 aliphatic rings. The fraction of sp³-hybridized carbons (Fsp3) is 0.429. The van der Waals surface area contributed by atoms with Gasteiger partial charge >= 0.3 is 11.7 Å². The first-order chi connectivity index (χ1) is 17.6. The van der Waals surface area contributed by atoms with Crippen molar-refractivity contribution in [3.63, 3.8) is 0 Å². The van der Waals surface area contributed by atoms with Crippen molar-refractivity contribution in [2.75, 3.05) is 0 Å². The van der Waals surface area contributed by atoms with Crippen molar-refractivity contribution >= 4 is 54.3 Å². The summed E-state index contributed by atoms with van der Waals surface area (Å²) in [5.41, 5.74) is 4.85. The number of fused-ring (bicyclic) bond motifs is 7. The molecule has 0 radical (unpaired) electrons. The highest BCUT2D eigenvalue weighted by molar-refractivity contribution is 7.30. The van der Waals surface area contributed by atoms with Crippen LogP contribution in [0.4, 0.5) is 5.00 Å². The van der Waals surface area contributed by atoms with E-state index in [1.165, 1.54) is 56.7 Å². The Morgan fingerprint density at radius 2 is 1.47 bits per heavy atom. The molecule has 2 saturated carbocycles. The number of nitriles is 2. The standard InChI is InChI=1S/C28H22N6S2/c1-31-20(15-29)33-19-13-17-23(28(19)11-7-4-8-12-28)26-24(27(17)9-5-3-6-10-27)25-18(35-26)14-22(36-25)34-21(16-30)32-2/h13-14H,3-12H2. The first-order valence-electron chi connectivity index (χ1n) is 12.4. The molecule has 2 spiro atoms. The molecule has 0 amide bonds. The Balaban J connectivity index is 1.59. The van der Waals surface area contributed by atoms with E-state index in [0.717, 1.165) is 44.2 Å². The number of hydrogen-bond acceptors (Lipinski definition) is 6. The zero-order valence-electron chi connectivity index (χ0n) is 19.7. The summed E-state index contributed by atoms with van der Waals surface area (Å²) in [7, 11) is 0. The number of amidine groups is 2. The largest absolute Gasteiger partial charge is 0.351 e. The summed E-state index contributed by atoms with van der Waals surface area (Å²) in [6, 6.07) is 5.90. The van der Waals surface area contributed by atoms with Crippen LogP contribution in [0.15, 0.2) is 33.4 Å². The van der Waals surface area contributed by atoms with Crippen molar-refractivity contribution in [1.29, 1.82) is 10.5 Å². The minimum atomic E-state index is -0.220. The molecule has 0 N–H and O–H groups in total. The molecule has 2 aromatic rings. The Kier molecular flexibility index (Phi) is 5.42. The molecular formula is C28H22N6S2. The molecule has 8 heteroatoms. The molecule has 0 bridgehead atoms. The first-order valence-corrected chi connectivity index (χ1v) is 14.0. The molecule has 6 nitrogen and oxygen atoms in total. The zero-order chi connectivity index (χ0) is 24.9. The number of rotatable bonds is 2. The fourth-order valence-electron chi connectivity index (χ4n) is 6.97. The first kappa shape index (κ1) is 22.9. The SMILES string of the molecule is [C-]#[N+]C(C#N)=NC1=CC2=C(c3sc4cc(N=C(C#N)[N+]#[C-])sc4c3C23CCCCC3)C12CCCCC2. The Morgan fingerprint density at radius 3 is 2.08 bits per heavy atom. The number of nitrogens with zero attached hydrogens (tertiary/aromatic N) is 6. The smallest absolute Gasteiger partial charge is 0.350 e. The summed E-state index contributed by atoms with van der Waals surface area (Å²) >= 11 is 3.41. The molecule has 2 aromatic heterocycles. The summed E-state index contributed by atoms with van der Waals surface area (Å²) in [4.78, 5) is 17.0. The van der Waals surface area contributed by atoms with Crippen LogP contribution >= 0.6 is 22.7 Å². The van der Waals surface area contributed by atoms with Gasteiger partial charge in [0.1, 0.15) is 17.8 Å². The molecule has 36 heavy (non-hydrogen) atoms. The summed E-state index contributed by atoms with van der Waals surface area (Å²) in [5, 5.41) is 19.4. The quantitative estimate of drug-likeness (QED) is 0.234. The molecule has 2 fully saturated rings. The van der Waals surface area contributed by atoms with Crippen LogP contribution in [0.25, 0.3) is 24.7 Å². The summed E-state index contributed by atoms with van der Waals surface area (Å²) < 4.78 is 2.42. The van der Waals surface area contributed by atoms with Crippen molar-refractivity contribution in [2.45, 2.75) is 69.6 Å². The highest BCUT2D eigenvalue weighted by Crippen LogP contribution is 2.70. The molecule has 0 aromatic carbocycles. The van der Waals surface area contributed by atoms with Crippen molar-refractivity contribution in [1.82, 2.24) is 0 Å². The van der Waals surface area contributed by atoms with E-state index >= 15 is 0 Å². The number of thiophene rings is 2. The van der Waals surface area contributed by atoms with Crippen LogP contribution in [0.2, 0.25) is 0 Å². The molecule has 2 heterocycles. The maximum atomic E-state index is 9.49. The van der Waals surface area contributed by atoms with Crippen LogP contribution in [0, 0.1) is 41.2 Å². The van der Waals surface area contributed by atoms with Crippen molar-refractivity contribution in [3.05, 3.63) is 56.7 Å². The lowest BCUT2D eigenvalue weighted by atomic mass is 9.67. The Morgan fingerprint density at radius 1 is 0.861 bits per heavy atom. The normalized spacial score (nSPS) is 22.1. The molecular weight excluding hydrogens is 484 g/mol. The summed E-state index contributed by atoms with van der Waals surface area (Å²) in [5.74, 6) is -0.207. The van der Waals surface area contributed by atoms with Gasteiger partial charge in [-0.25, -0.2) is 10.5 Å². The predicted molar refractivity (Wildman–Crippen MR) is 144 cm³/mol. The summed E-state index contributed by atoms with van der Waals surface area (Å²) in [6.07, 6.45) is 13.5. The lowest BCUT2D eigenvalue weighted by Crippen LogP contribution is -2.28. The van der Waals surface area contributed by atoms with E-state index in [4.69, 9.17) is 13.1 Å². The second kappa shape index (κ2) is 8.53. The average molecular weight is 507 g/mol. The van der Waals surface area contributed by atoms with Crippen LogP contribution in [0.3, 0.4) is 0 Å². The lowest BCUT2D eigenvalue weighted by molar-refractivity contribution is 0.322. The van der Waals surface area contributed by atoms with Gasteiger partial charge in [-0.05, 0) is 48.5 Å². The van der Waals surface area contributed by atoms with E-state index in [0.29, 0.717) is 5.00 Å². The highest BCUT2D eigenvalue weighted by Gasteiger charge is 2.58. The maximum absolute atomic E-state index is 9.49. The number of hydrogen-bond donors (Lipinski definition) is 0. The lowest BCUT2D eigenvalue weighted by Gasteiger charge is -2.36. The fourth-order valence-corrected chi connectivity index (χ4v) is 9.83. The van der Waals surface area contributed by atoms with E-state index in [2.05, 4.69) is 25.8 Å². The molecule has 0 unspecified atom stereocenters. The van der Waals surface area contributed by atoms with Crippen LogP contribution in [-0.2, 0) is 5.41 Å². The molecule has 0 atom stereocenters. The highest BCUT2D eigenvalue weighted by atomic mass is 32.1. The Bertz CT molecular complexity index is 1550.